The van der Waals surface area contributed by atoms with Gasteiger partial charge in [-0.1, -0.05) is 18.6 Å². The van der Waals surface area contributed by atoms with Gasteiger partial charge in [-0.05, 0) is 50.4 Å². The van der Waals surface area contributed by atoms with E-state index in [1.807, 2.05) is 13.0 Å². The molecule has 1 aliphatic carbocycles. The number of carbonyl (C=O) groups excluding carboxylic acids is 1. The zero-order valence-electron chi connectivity index (χ0n) is 10.3. The first-order valence-electron chi connectivity index (χ1n) is 6.01. The van der Waals surface area contributed by atoms with Crippen molar-refractivity contribution in [3.05, 3.63) is 34.4 Å². The molecule has 0 aromatic heterocycles. The summed E-state index contributed by atoms with van der Waals surface area (Å²) in [6.45, 7) is 7.06. The zero-order valence-corrected chi connectivity index (χ0v) is 10.3. The molecular formula is C14H19NO. The van der Waals surface area contributed by atoms with Gasteiger partial charge < -0.3 is 5.32 Å². The maximum Gasteiger partial charge on any atom is 0.180 e. The fourth-order valence-corrected chi connectivity index (χ4v) is 2.60. The molecule has 0 saturated heterocycles. The number of hydrogen-bond acceptors (Lipinski definition) is 2. The summed E-state index contributed by atoms with van der Waals surface area (Å²) in [5, 5.41) is 3.26. The molecule has 1 unspecified atom stereocenters. The minimum absolute atomic E-state index is 0.0266. The van der Waals surface area contributed by atoms with Crippen LogP contribution in [-0.2, 0) is 6.42 Å². The number of nitrogens with one attached hydrogen (secondary N) is 1. The number of ketones is 1. The Bertz CT molecular complexity index is 423. The summed E-state index contributed by atoms with van der Waals surface area (Å²) in [5.74, 6) is 0.273. The smallest absolute Gasteiger partial charge is 0.180 e. The lowest BCUT2D eigenvalue weighted by molar-refractivity contribution is 0.0929. The quantitative estimate of drug-likeness (QED) is 0.824. The predicted molar refractivity (Wildman–Crippen MR) is 66.0 cm³/mol. The van der Waals surface area contributed by atoms with Crippen molar-refractivity contribution in [3.63, 3.8) is 0 Å². The van der Waals surface area contributed by atoms with Crippen LogP contribution < -0.4 is 5.32 Å². The molecule has 1 aliphatic rings. The maximum atomic E-state index is 12.2. The van der Waals surface area contributed by atoms with Gasteiger partial charge in [-0.2, -0.15) is 0 Å². The Morgan fingerprint density at radius 3 is 2.81 bits per heavy atom. The van der Waals surface area contributed by atoms with Gasteiger partial charge in [0, 0.05) is 5.56 Å². The van der Waals surface area contributed by atoms with Crippen molar-refractivity contribution >= 4 is 5.78 Å². The molecule has 0 fully saturated rings. The molecule has 0 radical (unpaired) electrons. The van der Waals surface area contributed by atoms with Gasteiger partial charge in [0.1, 0.15) is 0 Å². The lowest BCUT2D eigenvalue weighted by Gasteiger charge is -2.25. The second-order valence-electron chi connectivity index (χ2n) is 4.62. The van der Waals surface area contributed by atoms with E-state index in [0.29, 0.717) is 0 Å². The van der Waals surface area contributed by atoms with Crippen LogP contribution in [0.15, 0.2) is 12.1 Å². The summed E-state index contributed by atoms with van der Waals surface area (Å²) in [6, 6.07) is 4.23. The summed E-state index contributed by atoms with van der Waals surface area (Å²) in [6.07, 6.45) is 1.95. The molecule has 2 nitrogen and oxygen atoms in total. The van der Waals surface area contributed by atoms with E-state index < -0.39 is 0 Å². The van der Waals surface area contributed by atoms with Gasteiger partial charge >= 0.3 is 0 Å². The number of aryl methyl sites for hydroxylation is 2. The Morgan fingerprint density at radius 1 is 1.38 bits per heavy atom. The first-order valence-corrected chi connectivity index (χ1v) is 6.01. The first-order chi connectivity index (χ1) is 7.63. The molecule has 0 heterocycles. The van der Waals surface area contributed by atoms with Crippen molar-refractivity contribution in [2.45, 2.75) is 39.7 Å². The zero-order chi connectivity index (χ0) is 11.7. The summed E-state index contributed by atoms with van der Waals surface area (Å²) >= 11 is 0. The second kappa shape index (κ2) is 4.38. The number of likely N-dealkylation sites (N-methyl/N-ethyl adjacent to an activating group) is 1. The van der Waals surface area contributed by atoms with Crippen molar-refractivity contribution in [3.8, 4) is 0 Å². The number of hydrogen-bond donors (Lipinski definition) is 1. The van der Waals surface area contributed by atoms with Gasteiger partial charge in [-0.15, -0.1) is 0 Å². The Hall–Kier alpha value is -1.15. The summed E-state index contributed by atoms with van der Waals surface area (Å²) in [5.41, 5.74) is 4.64. The van der Waals surface area contributed by atoms with Gasteiger partial charge in [-0.25, -0.2) is 0 Å². The van der Waals surface area contributed by atoms with Crippen molar-refractivity contribution in [1.29, 1.82) is 0 Å². The molecule has 0 bridgehead atoms. The van der Waals surface area contributed by atoms with Crippen LogP contribution in [0, 0.1) is 13.8 Å². The van der Waals surface area contributed by atoms with E-state index in [1.54, 1.807) is 0 Å². The van der Waals surface area contributed by atoms with Crippen molar-refractivity contribution in [2.75, 3.05) is 6.54 Å². The van der Waals surface area contributed by atoms with Gasteiger partial charge in [0.15, 0.2) is 5.78 Å². The minimum Gasteiger partial charge on any atom is -0.307 e. The van der Waals surface area contributed by atoms with Gasteiger partial charge in [0.05, 0.1) is 6.04 Å². The third-order valence-electron chi connectivity index (χ3n) is 3.33. The van der Waals surface area contributed by atoms with Crippen LogP contribution in [0.2, 0.25) is 0 Å². The number of fused-ring (bicyclic) bond motifs is 1. The van der Waals surface area contributed by atoms with E-state index in [2.05, 4.69) is 25.2 Å². The van der Waals surface area contributed by atoms with Crippen LogP contribution in [0.4, 0.5) is 0 Å². The lowest BCUT2D eigenvalue weighted by atomic mass is 9.84. The molecule has 0 amide bonds. The first kappa shape index (κ1) is 11.3. The van der Waals surface area contributed by atoms with E-state index >= 15 is 0 Å². The fourth-order valence-electron chi connectivity index (χ4n) is 2.60. The van der Waals surface area contributed by atoms with E-state index in [-0.39, 0.29) is 11.8 Å². The standard InChI is InChI=1S/C14H19NO/c1-4-15-13-6-5-11-10(3)7-9(2)8-12(11)14(13)16/h7-8,13,15H,4-6H2,1-3H3. The van der Waals surface area contributed by atoms with Gasteiger partial charge in [-0.3, -0.25) is 4.79 Å². The molecule has 2 heteroatoms. The summed E-state index contributed by atoms with van der Waals surface area (Å²) < 4.78 is 0. The monoisotopic (exact) mass is 217 g/mol. The SMILES string of the molecule is CCNC1CCc2c(C)cc(C)cc2C1=O. The highest BCUT2D eigenvalue weighted by Crippen LogP contribution is 2.25. The normalized spacial score (nSPS) is 19.7. The summed E-state index contributed by atoms with van der Waals surface area (Å²) in [4.78, 5) is 12.2. The van der Waals surface area contributed by atoms with E-state index in [1.165, 1.54) is 16.7 Å². The predicted octanol–water partition coefficient (Wildman–Crippen LogP) is 2.41. The van der Waals surface area contributed by atoms with Crippen molar-refractivity contribution in [1.82, 2.24) is 5.32 Å². The van der Waals surface area contributed by atoms with Gasteiger partial charge in [0.25, 0.3) is 0 Å². The molecule has 16 heavy (non-hydrogen) atoms. The third-order valence-corrected chi connectivity index (χ3v) is 3.33. The molecule has 0 aliphatic heterocycles. The van der Waals surface area contributed by atoms with E-state index in [4.69, 9.17) is 0 Å². The average molecular weight is 217 g/mol. The van der Waals surface area contributed by atoms with Crippen LogP contribution in [0.5, 0.6) is 0 Å². The number of Topliss-reactive ketones (excluding diaryl/α,β-unsaturated/α-hetero) is 1. The van der Waals surface area contributed by atoms with Crippen LogP contribution in [-0.4, -0.2) is 18.4 Å². The Morgan fingerprint density at radius 2 is 2.12 bits per heavy atom. The maximum absolute atomic E-state index is 12.2. The van der Waals surface area contributed by atoms with Crippen LogP contribution in [0.3, 0.4) is 0 Å². The molecule has 0 saturated carbocycles. The van der Waals surface area contributed by atoms with Crippen molar-refractivity contribution < 1.29 is 4.79 Å². The molecule has 1 aromatic carbocycles. The lowest BCUT2D eigenvalue weighted by Crippen LogP contribution is -2.40. The fraction of sp³-hybridized carbons (Fsp3) is 0.500. The molecular weight excluding hydrogens is 198 g/mol. The molecule has 1 atom stereocenters. The van der Waals surface area contributed by atoms with Crippen LogP contribution in [0.1, 0.15) is 40.4 Å². The molecule has 1 N–H and O–H groups in total. The Labute approximate surface area is 97.1 Å². The minimum atomic E-state index is 0.0266. The van der Waals surface area contributed by atoms with E-state index in [0.717, 1.165) is 24.9 Å². The molecule has 2 rings (SSSR count). The Kier molecular flexibility index (Phi) is 3.10. The number of carbonyl (C=O) groups is 1. The molecule has 86 valence electrons. The third kappa shape index (κ3) is 1.90. The van der Waals surface area contributed by atoms with E-state index in [9.17, 15) is 4.79 Å². The molecule has 0 spiro atoms. The number of rotatable bonds is 2. The van der Waals surface area contributed by atoms with Crippen molar-refractivity contribution in [2.24, 2.45) is 0 Å². The average Bonchev–Trinajstić information content (AvgIpc) is 2.23. The van der Waals surface area contributed by atoms with Crippen LogP contribution >= 0.6 is 0 Å². The summed E-state index contributed by atoms with van der Waals surface area (Å²) in [7, 11) is 0. The molecule has 1 aromatic rings. The topological polar surface area (TPSA) is 29.1 Å². The highest BCUT2D eigenvalue weighted by atomic mass is 16.1. The largest absolute Gasteiger partial charge is 0.307 e. The second-order valence-corrected chi connectivity index (χ2v) is 4.62. The highest BCUT2D eigenvalue weighted by molar-refractivity contribution is 6.02. The highest BCUT2D eigenvalue weighted by Gasteiger charge is 2.27. The Balaban J connectivity index is 2.40. The van der Waals surface area contributed by atoms with Crippen LogP contribution in [0.25, 0.3) is 0 Å². The van der Waals surface area contributed by atoms with Gasteiger partial charge in [0.2, 0.25) is 0 Å². The number of benzene rings is 1.